The summed E-state index contributed by atoms with van der Waals surface area (Å²) in [5.74, 6) is 1.13. The number of benzene rings is 1. The Bertz CT molecular complexity index is 885. The molecular formula is C18H19N3O3S. The highest BCUT2D eigenvalue weighted by molar-refractivity contribution is 7.11. The topological polar surface area (TPSA) is 66.2 Å². The zero-order valence-corrected chi connectivity index (χ0v) is 15.2. The molecule has 0 saturated carbocycles. The third-order valence-electron chi connectivity index (χ3n) is 3.74. The summed E-state index contributed by atoms with van der Waals surface area (Å²) < 4.78 is 12.4. The number of hydrogen-bond acceptors (Lipinski definition) is 6. The highest BCUT2D eigenvalue weighted by Gasteiger charge is 2.13. The molecule has 0 amide bonds. The molecule has 25 heavy (non-hydrogen) atoms. The molecule has 0 aliphatic heterocycles. The molecule has 130 valence electrons. The lowest BCUT2D eigenvalue weighted by Crippen LogP contribution is -2.05. The summed E-state index contributed by atoms with van der Waals surface area (Å²) in [5.41, 5.74) is 1.31. The number of hydrogen-bond donors (Lipinski definition) is 0. The predicted octanol–water partition coefficient (Wildman–Crippen LogP) is 3.14. The van der Waals surface area contributed by atoms with Crippen LogP contribution in [0.5, 0.6) is 11.5 Å². The van der Waals surface area contributed by atoms with Crippen LogP contribution in [0.4, 0.5) is 0 Å². The van der Waals surface area contributed by atoms with E-state index in [1.165, 1.54) is 0 Å². The Labute approximate surface area is 150 Å². The van der Waals surface area contributed by atoms with Gasteiger partial charge in [-0.1, -0.05) is 0 Å². The van der Waals surface area contributed by atoms with Crippen molar-refractivity contribution in [3.8, 4) is 11.5 Å². The maximum Gasteiger partial charge on any atom is 0.169 e. The molecule has 3 rings (SSSR count). The van der Waals surface area contributed by atoms with Gasteiger partial charge in [0.25, 0.3) is 0 Å². The van der Waals surface area contributed by atoms with Crippen LogP contribution in [0.3, 0.4) is 0 Å². The smallest absolute Gasteiger partial charge is 0.169 e. The van der Waals surface area contributed by atoms with Gasteiger partial charge in [0.1, 0.15) is 0 Å². The average molecular weight is 357 g/mol. The van der Waals surface area contributed by atoms with Gasteiger partial charge in [0.05, 0.1) is 44.2 Å². The number of thiazole rings is 1. The number of Topliss-reactive ketones (excluding diaryl/α,β-unsaturated/α-hetero) is 1. The van der Waals surface area contributed by atoms with Crippen molar-refractivity contribution in [2.75, 3.05) is 14.2 Å². The molecule has 7 heteroatoms. The van der Waals surface area contributed by atoms with Gasteiger partial charge in [0, 0.05) is 22.8 Å². The fourth-order valence-corrected chi connectivity index (χ4v) is 3.32. The van der Waals surface area contributed by atoms with Crippen LogP contribution < -0.4 is 9.47 Å². The maximum absolute atomic E-state index is 12.5. The summed E-state index contributed by atoms with van der Waals surface area (Å²) in [6, 6.07) is 5.16. The summed E-state index contributed by atoms with van der Waals surface area (Å²) in [6.07, 6.45) is 5.75. The van der Waals surface area contributed by atoms with Gasteiger partial charge < -0.3 is 14.0 Å². The Morgan fingerprint density at radius 2 is 2.00 bits per heavy atom. The van der Waals surface area contributed by atoms with E-state index in [0.29, 0.717) is 23.6 Å². The van der Waals surface area contributed by atoms with Crippen LogP contribution >= 0.6 is 11.3 Å². The highest BCUT2D eigenvalue weighted by atomic mass is 32.1. The van der Waals surface area contributed by atoms with Crippen LogP contribution in [-0.4, -0.2) is 34.5 Å². The highest BCUT2D eigenvalue weighted by Crippen LogP contribution is 2.28. The van der Waals surface area contributed by atoms with E-state index in [9.17, 15) is 4.79 Å². The Morgan fingerprint density at radius 1 is 1.20 bits per heavy atom. The van der Waals surface area contributed by atoms with Crippen LogP contribution in [0.15, 0.2) is 36.9 Å². The van der Waals surface area contributed by atoms with E-state index in [2.05, 4.69) is 9.97 Å². The molecule has 0 aliphatic rings. The van der Waals surface area contributed by atoms with Gasteiger partial charge in [-0.15, -0.1) is 11.3 Å². The van der Waals surface area contributed by atoms with Crippen LogP contribution in [0, 0.1) is 6.92 Å². The predicted molar refractivity (Wildman–Crippen MR) is 95.8 cm³/mol. The largest absolute Gasteiger partial charge is 0.493 e. The molecule has 2 heterocycles. The standard InChI is InChI=1S/C18H19N3O3S/c1-12-19-8-15(25-12)10-21-9-14(20-11-21)7-16(22)13-4-5-17(23-2)18(6-13)24-3/h4-6,8-9,11H,7,10H2,1-3H3. The maximum atomic E-state index is 12.5. The molecule has 0 spiro atoms. The second-order valence-electron chi connectivity index (χ2n) is 5.55. The number of ketones is 1. The van der Waals surface area contributed by atoms with Crippen LogP contribution in [0.25, 0.3) is 0 Å². The summed E-state index contributed by atoms with van der Waals surface area (Å²) in [6.45, 7) is 2.69. The normalized spacial score (nSPS) is 10.7. The minimum absolute atomic E-state index is 0.0140. The van der Waals surface area contributed by atoms with Gasteiger partial charge in [0.15, 0.2) is 17.3 Å². The Hall–Kier alpha value is -2.67. The van der Waals surface area contributed by atoms with Crippen molar-refractivity contribution in [3.63, 3.8) is 0 Å². The lowest BCUT2D eigenvalue weighted by atomic mass is 10.1. The number of rotatable bonds is 7. The minimum Gasteiger partial charge on any atom is -0.493 e. The number of aromatic nitrogens is 3. The van der Waals surface area contributed by atoms with E-state index in [-0.39, 0.29) is 12.2 Å². The molecule has 3 aromatic rings. The zero-order valence-electron chi connectivity index (χ0n) is 14.4. The number of nitrogens with zero attached hydrogens (tertiary/aromatic N) is 3. The quantitative estimate of drug-likeness (QED) is 0.608. The van der Waals surface area contributed by atoms with E-state index < -0.39 is 0 Å². The number of ether oxygens (including phenoxy) is 2. The Balaban J connectivity index is 1.69. The number of carbonyl (C=O) groups is 1. The first-order valence-electron chi connectivity index (χ1n) is 7.76. The van der Waals surface area contributed by atoms with Crippen LogP contribution in [-0.2, 0) is 13.0 Å². The third-order valence-corrected chi connectivity index (χ3v) is 4.64. The van der Waals surface area contributed by atoms with E-state index in [1.54, 1.807) is 50.1 Å². The molecule has 6 nitrogen and oxygen atoms in total. The van der Waals surface area contributed by atoms with E-state index >= 15 is 0 Å². The van der Waals surface area contributed by atoms with Gasteiger partial charge >= 0.3 is 0 Å². The minimum atomic E-state index is -0.0140. The average Bonchev–Trinajstić information content (AvgIpc) is 3.23. The van der Waals surface area contributed by atoms with Crippen molar-refractivity contribution < 1.29 is 14.3 Å². The second-order valence-corrected chi connectivity index (χ2v) is 6.87. The van der Waals surface area contributed by atoms with E-state index in [1.807, 2.05) is 23.9 Å². The number of carbonyl (C=O) groups excluding carboxylic acids is 1. The fourth-order valence-electron chi connectivity index (χ4n) is 2.52. The lowest BCUT2D eigenvalue weighted by molar-refractivity contribution is 0.0991. The third kappa shape index (κ3) is 4.06. The summed E-state index contributed by atoms with van der Waals surface area (Å²) in [5, 5.41) is 1.04. The van der Waals surface area contributed by atoms with E-state index in [4.69, 9.17) is 9.47 Å². The van der Waals surface area contributed by atoms with Gasteiger partial charge in [-0.3, -0.25) is 4.79 Å². The second kappa shape index (κ2) is 7.48. The van der Waals surface area contributed by atoms with E-state index in [0.717, 1.165) is 15.6 Å². The summed E-state index contributed by atoms with van der Waals surface area (Å²) in [7, 11) is 3.12. The van der Waals surface area contributed by atoms with Crippen molar-refractivity contribution in [1.29, 1.82) is 0 Å². The molecule has 0 unspecified atom stereocenters. The van der Waals surface area contributed by atoms with Crippen molar-refractivity contribution in [2.24, 2.45) is 0 Å². The molecule has 1 aromatic carbocycles. The molecule has 0 fully saturated rings. The first-order chi connectivity index (χ1) is 12.1. The molecule has 2 aromatic heterocycles. The van der Waals surface area contributed by atoms with Crippen LogP contribution in [0.2, 0.25) is 0 Å². The first-order valence-corrected chi connectivity index (χ1v) is 8.58. The molecule has 0 bridgehead atoms. The van der Waals surface area contributed by atoms with Gasteiger partial charge in [-0.05, 0) is 25.1 Å². The Morgan fingerprint density at radius 3 is 2.68 bits per heavy atom. The first kappa shape index (κ1) is 17.2. The molecule has 0 radical (unpaired) electrons. The zero-order chi connectivity index (χ0) is 17.8. The number of aryl methyl sites for hydroxylation is 1. The molecular weight excluding hydrogens is 338 g/mol. The molecule has 0 N–H and O–H groups in total. The SMILES string of the molecule is COc1ccc(C(=O)Cc2cn(Cc3cnc(C)s3)cn2)cc1OC. The molecule has 0 saturated heterocycles. The van der Waals surface area contributed by atoms with Crippen LogP contribution in [0.1, 0.15) is 25.9 Å². The fraction of sp³-hybridized carbons (Fsp3) is 0.278. The lowest BCUT2D eigenvalue weighted by Gasteiger charge is -2.08. The molecule has 0 aliphatic carbocycles. The molecule has 0 atom stereocenters. The van der Waals surface area contributed by atoms with Crippen molar-refractivity contribution >= 4 is 17.1 Å². The van der Waals surface area contributed by atoms with Crippen molar-refractivity contribution in [2.45, 2.75) is 19.9 Å². The van der Waals surface area contributed by atoms with Crippen molar-refractivity contribution in [3.05, 3.63) is 58.1 Å². The van der Waals surface area contributed by atoms with Gasteiger partial charge in [-0.2, -0.15) is 0 Å². The van der Waals surface area contributed by atoms with Gasteiger partial charge in [0.2, 0.25) is 0 Å². The Kier molecular flexibility index (Phi) is 5.14. The van der Waals surface area contributed by atoms with Crippen molar-refractivity contribution in [1.82, 2.24) is 14.5 Å². The summed E-state index contributed by atoms with van der Waals surface area (Å²) >= 11 is 1.66. The monoisotopic (exact) mass is 357 g/mol. The van der Waals surface area contributed by atoms with Gasteiger partial charge in [-0.25, -0.2) is 9.97 Å². The number of methoxy groups -OCH3 is 2. The number of imidazole rings is 1. The summed E-state index contributed by atoms with van der Waals surface area (Å²) in [4.78, 5) is 22.2.